The quantitative estimate of drug-likeness (QED) is 0.650. The van der Waals surface area contributed by atoms with Crippen LogP contribution in [0, 0.1) is 11.7 Å². The predicted molar refractivity (Wildman–Crippen MR) is 121 cm³/mol. The van der Waals surface area contributed by atoms with Gasteiger partial charge < -0.3 is 15.0 Å². The second-order valence-electron chi connectivity index (χ2n) is 8.31. The molecule has 0 saturated carbocycles. The van der Waals surface area contributed by atoms with Crippen LogP contribution in [0.5, 0.6) is 0 Å². The highest BCUT2D eigenvalue weighted by Gasteiger charge is 2.32. The van der Waals surface area contributed by atoms with Crippen LogP contribution in [0.3, 0.4) is 0 Å². The second-order valence-corrected chi connectivity index (χ2v) is 8.31. The number of hydrogen-bond acceptors (Lipinski definition) is 4. The van der Waals surface area contributed by atoms with E-state index in [1.54, 1.807) is 17.0 Å². The Bertz CT molecular complexity index is 868. The van der Waals surface area contributed by atoms with Gasteiger partial charge in [0.25, 0.3) is 0 Å². The summed E-state index contributed by atoms with van der Waals surface area (Å²) in [5.74, 6) is -0.981. The zero-order chi connectivity index (χ0) is 22.9. The first-order valence-corrected chi connectivity index (χ1v) is 11.1. The van der Waals surface area contributed by atoms with E-state index in [4.69, 9.17) is 4.74 Å². The minimum atomic E-state index is -0.777. The number of benzene rings is 2. The van der Waals surface area contributed by atoms with Crippen LogP contribution in [0.1, 0.15) is 31.0 Å². The van der Waals surface area contributed by atoms with Crippen molar-refractivity contribution in [2.75, 3.05) is 39.4 Å². The lowest BCUT2D eigenvalue weighted by molar-refractivity contribution is -0.144. The fourth-order valence-corrected chi connectivity index (χ4v) is 3.78. The number of nitrogens with one attached hydrogen (secondary N) is 1. The summed E-state index contributed by atoms with van der Waals surface area (Å²) in [5.41, 5.74) is 1.51. The molecule has 32 heavy (non-hydrogen) atoms. The summed E-state index contributed by atoms with van der Waals surface area (Å²) in [7, 11) is 0. The van der Waals surface area contributed by atoms with Gasteiger partial charge in [0.15, 0.2) is 0 Å². The summed E-state index contributed by atoms with van der Waals surface area (Å²) >= 11 is 0. The molecule has 3 rings (SSSR count). The molecule has 0 aromatic heterocycles. The number of hydrogen-bond donors (Lipinski definition) is 1. The van der Waals surface area contributed by atoms with E-state index in [2.05, 4.69) is 10.2 Å². The normalized spacial score (nSPS) is 15.4. The summed E-state index contributed by atoms with van der Waals surface area (Å²) in [6.45, 7) is 8.17. The van der Waals surface area contributed by atoms with Gasteiger partial charge in [-0.3, -0.25) is 14.5 Å². The highest BCUT2D eigenvalue weighted by Crippen LogP contribution is 2.25. The van der Waals surface area contributed by atoms with Gasteiger partial charge in [-0.1, -0.05) is 56.3 Å². The molecule has 1 heterocycles. The lowest BCUT2D eigenvalue weighted by Crippen LogP contribution is -2.47. The van der Waals surface area contributed by atoms with Crippen LogP contribution in [0.2, 0.25) is 0 Å². The molecule has 172 valence electrons. The Hall–Kier alpha value is -2.77. The number of ether oxygens (including phenoxy) is 1. The van der Waals surface area contributed by atoms with Crippen molar-refractivity contribution in [2.45, 2.75) is 26.4 Å². The monoisotopic (exact) mass is 441 g/mol. The standard InChI is InChI=1S/C25H32FN3O3/c1-19(2)25(31)29(18-20-8-10-22(26)11-9-20)23(21-6-4-3-5-7-21)24(30)27-12-13-28-14-16-32-17-15-28/h3-11,19,23H,12-18H2,1-2H3,(H,27,30)/t23-/m1/s1. The number of halogens is 1. The molecule has 1 aliphatic rings. The number of morpholine rings is 1. The fourth-order valence-electron chi connectivity index (χ4n) is 3.78. The molecule has 2 aromatic carbocycles. The molecule has 2 aromatic rings. The maximum absolute atomic E-state index is 13.4. The molecule has 0 radical (unpaired) electrons. The first kappa shape index (κ1) is 23.9. The zero-order valence-corrected chi connectivity index (χ0v) is 18.8. The van der Waals surface area contributed by atoms with Gasteiger partial charge in [0.1, 0.15) is 11.9 Å². The van der Waals surface area contributed by atoms with Crippen molar-refractivity contribution in [3.05, 3.63) is 71.5 Å². The molecule has 0 spiro atoms. The Balaban J connectivity index is 1.81. The number of carbonyl (C=O) groups is 2. The lowest BCUT2D eigenvalue weighted by Gasteiger charge is -2.33. The molecule has 1 N–H and O–H groups in total. The average molecular weight is 442 g/mol. The maximum atomic E-state index is 13.4. The summed E-state index contributed by atoms with van der Waals surface area (Å²) in [5, 5.41) is 3.02. The summed E-state index contributed by atoms with van der Waals surface area (Å²) in [6, 6.07) is 14.6. The summed E-state index contributed by atoms with van der Waals surface area (Å²) < 4.78 is 18.8. The van der Waals surface area contributed by atoms with Crippen molar-refractivity contribution < 1.29 is 18.7 Å². The van der Waals surface area contributed by atoms with E-state index in [0.29, 0.717) is 19.8 Å². The molecule has 1 saturated heterocycles. The smallest absolute Gasteiger partial charge is 0.247 e. The third-order valence-electron chi connectivity index (χ3n) is 5.55. The van der Waals surface area contributed by atoms with Crippen LogP contribution in [0.25, 0.3) is 0 Å². The van der Waals surface area contributed by atoms with Crippen molar-refractivity contribution in [1.29, 1.82) is 0 Å². The second kappa shape index (κ2) is 11.7. The Labute approximate surface area is 189 Å². The Kier molecular flexibility index (Phi) is 8.76. The first-order valence-electron chi connectivity index (χ1n) is 11.1. The van der Waals surface area contributed by atoms with E-state index < -0.39 is 6.04 Å². The molecular weight excluding hydrogens is 409 g/mol. The Morgan fingerprint density at radius 1 is 1.06 bits per heavy atom. The fraction of sp³-hybridized carbons (Fsp3) is 0.440. The molecule has 0 unspecified atom stereocenters. The van der Waals surface area contributed by atoms with Gasteiger partial charge in [-0.15, -0.1) is 0 Å². The van der Waals surface area contributed by atoms with E-state index in [9.17, 15) is 14.0 Å². The molecule has 0 bridgehead atoms. The molecule has 0 aliphatic carbocycles. The van der Waals surface area contributed by atoms with Gasteiger partial charge in [0, 0.05) is 38.6 Å². The van der Waals surface area contributed by atoms with Gasteiger partial charge in [-0.25, -0.2) is 4.39 Å². The third kappa shape index (κ3) is 6.61. The maximum Gasteiger partial charge on any atom is 0.247 e. The van der Waals surface area contributed by atoms with Gasteiger partial charge in [0.2, 0.25) is 11.8 Å². The molecule has 1 atom stereocenters. The third-order valence-corrected chi connectivity index (χ3v) is 5.55. The number of nitrogens with zero attached hydrogens (tertiary/aromatic N) is 2. The first-order chi connectivity index (χ1) is 15.5. The van der Waals surface area contributed by atoms with Crippen LogP contribution in [-0.2, 0) is 20.9 Å². The Morgan fingerprint density at radius 3 is 2.34 bits per heavy atom. The highest BCUT2D eigenvalue weighted by molar-refractivity contribution is 5.89. The minimum Gasteiger partial charge on any atom is -0.379 e. The SMILES string of the molecule is CC(C)C(=O)N(Cc1ccc(F)cc1)[C@@H](C(=O)NCCN1CCOCC1)c1ccccc1. The summed E-state index contributed by atoms with van der Waals surface area (Å²) in [6.07, 6.45) is 0. The van der Waals surface area contributed by atoms with E-state index >= 15 is 0 Å². The van der Waals surface area contributed by atoms with E-state index in [1.165, 1.54) is 12.1 Å². The van der Waals surface area contributed by atoms with Crippen LogP contribution in [-0.4, -0.2) is 61.0 Å². The van der Waals surface area contributed by atoms with Crippen LogP contribution >= 0.6 is 0 Å². The minimum absolute atomic E-state index is 0.133. The van der Waals surface area contributed by atoms with Crippen LogP contribution in [0.4, 0.5) is 4.39 Å². The van der Waals surface area contributed by atoms with Crippen LogP contribution in [0.15, 0.2) is 54.6 Å². The van der Waals surface area contributed by atoms with Crippen molar-refractivity contribution in [2.24, 2.45) is 5.92 Å². The molecular formula is C25H32FN3O3. The van der Waals surface area contributed by atoms with E-state index in [0.717, 1.165) is 30.8 Å². The van der Waals surface area contributed by atoms with Crippen molar-refractivity contribution in [3.63, 3.8) is 0 Å². The van der Waals surface area contributed by atoms with Crippen LogP contribution < -0.4 is 5.32 Å². The number of rotatable bonds is 9. The topological polar surface area (TPSA) is 61.9 Å². The highest BCUT2D eigenvalue weighted by atomic mass is 19.1. The molecule has 2 amide bonds. The van der Waals surface area contributed by atoms with Crippen molar-refractivity contribution in [1.82, 2.24) is 15.1 Å². The van der Waals surface area contributed by atoms with Crippen molar-refractivity contribution >= 4 is 11.8 Å². The van der Waals surface area contributed by atoms with Gasteiger partial charge in [-0.05, 0) is 23.3 Å². The average Bonchev–Trinajstić information content (AvgIpc) is 2.81. The van der Waals surface area contributed by atoms with E-state index in [1.807, 2.05) is 44.2 Å². The van der Waals surface area contributed by atoms with Gasteiger partial charge in [0.05, 0.1) is 13.2 Å². The molecule has 7 heteroatoms. The zero-order valence-electron chi connectivity index (χ0n) is 18.8. The van der Waals surface area contributed by atoms with Gasteiger partial charge in [-0.2, -0.15) is 0 Å². The predicted octanol–water partition coefficient (Wildman–Crippen LogP) is 3.00. The van der Waals surface area contributed by atoms with E-state index in [-0.39, 0.29) is 30.1 Å². The Morgan fingerprint density at radius 2 is 1.72 bits per heavy atom. The number of amides is 2. The van der Waals surface area contributed by atoms with Crippen molar-refractivity contribution in [3.8, 4) is 0 Å². The molecule has 6 nitrogen and oxygen atoms in total. The largest absolute Gasteiger partial charge is 0.379 e. The summed E-state index contributed by atoms with van der Waals surface area (Å²) in [4.78, 5) is 30.4. The molecule has 1 aliphatic heterocycles. The number of carbonyl (C=O) groups excluding carboxylic acids is 2. The lowest BCUT2D eigenvalue weighted by atomic mass is 10.0. The van der Waals surface area contributed by atoms with Gasteiger partial charge >= 0.3 is 0 Å². The molecule has 1 fully saturated rings.